The Bertz CT molecular complexity index is 1310. The van der Waals surface area contributed by atoms with Crippen LogP contribution in [-0.4, -0.2) is 97.3 Å². The van der Waals surface area contributed by atoms with E-state index in [-0.39, 0.29) is 57.6 Å². The van der Waals surface area contributed by atoms with Gasteiger partial charge in [-0.05, 0) is 52.7 Å². The molecule has 2 N–H and O–H groups in total. The molecule has 4 amide bonds. The molecule has 2 rings (SSSR count). The number of thiophene rings is 2. The van der Waals surface area contributed by atoms with Crippen molar-refractivity contribution in [3.63, 3.8) is 0 Å². The van der Waals surface area contributed by atoms with Crippen molar-refractivity contribution in [3.05, 3.63) is 32.0 Å². The number of hydrogen-bond acceptors (Lipinski definition) is 11. The highest BCUT2D eigenvalue weighted by molar-refractivity contribution is 7.99. The van der Waals surface area contributed by atoms with Crippen molar-refractivity contribution in [1.29, 1.82) is 0 Å². The van der Waals surface area contributed by atoms with Gasteiger partial charge in [-0.1, -0.05) is 0 Å². The molecule has 0 aliphatic rings. The minimum Gasteiger partial charge on any atom is -0.465 e. The summed E-state index contributed by atoms with van der Waals surface area (Å²) in [7, 11) is 2.48. The first-order chi connectivity index (χ1) is 21.4. The summed E-state index contributed by atoms with van der Waals surface area (Å²) in [6.07, 6.45) is 0.215. The molecule has 0 bridgehead atoms. The summed E-state index contributed by atoms with van der Waals surface area (Å²) in [6.45, 7) is 12.8. The molecule has 0 fully saturated rings. The zero-order valence-electron chi connectivity index (χ0n) is 27.0. The molecule has 248 valence electrons. The molecule has 2 aromatic heterocycles. The van der Waals surface area contributed by atoms with Crippen LogP contribution in [0.25, 0.3) is 0 Å². The van der Waals surface area contributed by atoms with Gasteiger partial charge in [-0.2, -0.15) is 11.8 Å². The normalized spacial score (nSPS) is 10.7. The van der Waals surface area contributed by atoms with E-state index in [1.165, 1.54) is 26.0 Å². The number of nitrogens with one attached hydrogen (secondary N) is 2. The second kappa shape index (κ2) is 17.9. The van der Waals surface area contributed by atoms with Crippen LogP contribution >= 0.6 is 34.4 Å². The molecule has 15 heteroatoms. The maximum absolute atomic E-state index is 13.0. The van der Waals surface area contributed by atoms with Crippen molar-refractivity contribution in [3.8, 4) is 0 Å². The molecular weight excluding hydrogens is 641 g/mol. The monoisotopic (exact) mass is 682 g/mol. The fourth-order valence-electron chi connectivity index (χ4n) is 4.43. The molecule has 2 aromatic rings. The lowest BCUT2D eigenvalue weighted by molar-refractivity contribution is -0.116. The SMILES string of the molecule is CCN(CC)C(=O)c1sc(NC(=O)CCSCCC(=O)Nc2sc(C(=O)N(CC)CC)c(C)c2C(=O)OC)c(C(=O)OC)c1C. The Hall–Kier alpha value is -3.43. The van der Waals surface area contributed by atoms with E-state index < -0.39 is 11.9 Å². The summed E-state index contributed by atoms with van der Waals surface area (Å²) in [6, 6.07) is 0. The largest absolute Gasteiger partial charge is 0.465 e. The van der Waals surface area contributed by atoms with Gasteiger partial charge in [-0.25, -0.2) is 9.59 Å². The first kappa shape index (κ1) is 37.8. The number of anilines is 2. The fourth-order valence-corrected chi connectivity index (χ4v) is 7.65. The second-order valence-electron chi connectivity index (χ2n) is 9.67. The quantitative estimate of drug-likeness (QED) is 0.183. The lowest BCUT2D eigenvalue weighted by atomic mass is 10.1. The number of amides is 4. The molecule has 0 atom stereocenters. The summed E-state index contributed by atoms with van der Waals surface area (Å²) in [4.78, 5) is 80.4. The van der Waals surface area contributed by atoms with Crippen molar-refractivity contribution < 1.29 is 38.2 Å². The van der Waals surface area contributed by atoms with Crippen LogP contribution in [0.2, 0.25) is 0 Å². The van der Waals surface area contributed by atoms with Crippen LogP contribution in [0.5, 0.6) is 0 Å². The molecule has 0 saturated heterocycles. The van der Waals surface area contributed by atoms with Crippen LogP contribution < -0.4 is 10.6 Å². The Labute approximate surface area is 276 Å². The minimum atomic E-state index is -0.640. The van der Waals surface area contributed by atoms with Crippen molar-refractivity contribution in [1.82, 2.24) is 9.80 Å². The standard InChI is InChI=1S/C30H42N4O8S3/c1-9-33(10-2)27(37)23-17(5)21(29(39)41-7)25(44-23)31-19(35)13-15-43-16-14-20(36)32-26-22(30(40)42-8)18(6)24(45-26)28(38)34(11-3)12-4/h9-16H2,1-8H3,(H,31,35)(H,32,36). The smallest absolute Gasteiger partial charge is 0.341 e. The number of thioether (sulfide) groups is 1. The van der Waals surface area contributed by atoms with Crippen LogP contribution in [0.1, 0.15) is 91.7 Å². The molecule has 0 aromatic carbocycles. The lowest BCUT2D eigenvalue weighted by Gasteiger charge is -2.17. The maximum atomic E-state index is 13.0. The summed E-state index contributed by atoms with van der Waals surface area (Å²) in [5, 5.41) is 6.01. The Morgan fingerprint density at radius 1 is 0.644 bits per heavy atom. The van der Waals surface area contributed by atoms with Crippen molar-refractivity contribution >= 4 is 80.0 Å². The van der Waals surface area contributed by atoms with Crippen LogP contribution in [0.15, 0.2) is 0 Å². The third-order valence-electron chi connectivity index (χ3n) is 7.02. The van der Waals surface area contributed by atoms with E-state index in [4.69, 9.17) is 9.47 Å². The molecule has 2 heterocycles. The van der Waals surface area contributed by atoms with Crippen molar-refractivity contribution in [2.75, 3.05) is 62.5 Å². The number of methoxy groups -OCH3 is 2. The van der Waals surface area contributed by atoms with Crippen molar-refractivity contribution in [2.45, 2.75) is 54.4 Å². The number of rotatable bonds is 16. The number of carbonyl (C=O) groups is 6. The number of hydrogen-bond donors (Lipinski definition) is 2. The summed E-state index contributed by atoms with van der Waals surface area (Å²) in [5.41, 5.74) is 1.24. The van der Waals surface area contributed by atoms with Gasteiger partial charge in [0.1, 0.15) is 10.0 Å². The van der Waals surface area contributed by atoms with E-state index in [2.05, 4.69) is 10.6 Å². The molecule has 0 unspecified atom stereocenters. The minimum absolute atomic E-state index is 0.108. The molecule has 0 spiro atoms. The van der Waals surface area contributed by atoms with Gasteiger partial charge in [0.05, 0.1) is 35.1 Å². The molecule has 0 aliphatic carbocycles. The Balaban J connectivity index is 2.00. The van der Waals surface area contributed by atoms with E-state index in [0.717, 1.165) is 22.7 Å². The van der Waals surface area contributed by atoms with Crippen LogP contribution in [0.3, 0.4) is 0 Å². The Morgan fingerprint density at radius 3 is 1.27 bits per heavy atom. The third kappa shape index (κ3) is 9.30. The van der Waals surface area contributed by atoms with Gasteiger partial charge in [-0.3, -0.25) is 19.2 Å². The van der Waals surface area contributed by atoms with E-state index in [9.17, 15) is 28.8 Å². The highest BCUT2D eigenvalue weighted by atomic mass is 32.2. The van der Waals surface area contributed by atoms with Crippen LogP contribution in [0, 0.1) is 13.8 Å². The van der Waals surface area contributed by atoms with Crippen LogP contribution in [0.4, 0.5) is 10.0 Å². The Kier molecular flexibility index (Phi) is 15.0. The summed E-state index contributed by atoms with van der Waals surface area (Å²) < 4.78 is 9.79. The molecular formula is C30H42N4O8S3. The lowest BCUT2D eigenvalue weighted by Crippen LogP contribution is -2.30. The van der Waals surface area contributed by atoms with E-state index in [1.807, 2.05) is 27.7 Å². The molecule has 0 saturated carbocycles. The van der Waals surface area contributed by atoms with Crippen LogP contribution in [-0.2, 0) is 19.1 Å². The third-order valence-corrected chi connectivity index (χ3v) is 10.4. The average Bonchev–Trinajstić information content (AvgIpc) is 3.52. The predicted molar refractivity (Wildman–Crippen MR) is 179 cm³/mol. The number of esters is 2. The molecule has 12 nitrogen and oxygen atoms in total. The van der Waals surface area contributed by atoms with Gasteiger partial charge < -0.3 is 29.9 Å². The predicted octanol–water partition coefficient (Wildman–Crippen LogP) is 5.05. The molecule has 0 aliphatic heterocycles. The first-order valence-corrected chi connectivity index (χ1v) is 17.4. The van der Waals surface area contributed by atoms with Gasteiger partial charge in [0.15, 0.2) is 0 Å². The van der Waals surface area contributed by atoms with Crippen molar-refractivity contribution in [2.24, 2.45) is 0 Å². The van der Waals surface area contributed by atoms with E-state index >= 15 is 0 Å². The molecule has 0 radical (unpaired) electrons. The maximum Gasteiger partial charge on any atom is 0.341 e. The summed E-state index contributed by atoms with van der Waals surface area (Å²) >= 11 is 3.48. The first-order valence-electron chi connectivity index (χ1n) is 14.6. The topological polar surface area (TPSA) is 151 Å². The van der Waals surface area contributed by atoms with Gasteiger partial charge in [0.25, 0.3) is 11.8 Å². The van der Waals surface area contributed by atoms with E-state index in [0.29, 0.717) is 58.6 Å². The number of nitrogens with zero attached hydrogens (tertiary/aromatic N) is 2. The number of carbonyl (C=O) groups excluding carboxylic acids is 6. The summed E-state index contributed by atoms with van der Waals surface area (Å²) in [5.74, 6) is -1.61. The highest BCUT2D eigenvalue weighted by Crippen LogP contribution is 2.36. The zero-order chi connectivity index (χ0) is 33.8. The van der Waals surface area contributed by atoms with Gasteiger partial charge >= 0.3 is 11.9 Å². The fraction of sp³-hybridized carbons (Fsp3) is 0.533. The second-order valence-corrected chi connectivity index (χ2v) is 12.9. The van der Waals surface area contributed by atoms with Gasteiger partial charge in [0.2, 0.25) is 11.8 Å². The Morgan fingerprint density at radius 2 is 0.978 bits per heavy atom. The highest BCUT2D eigenvalue weighted by Gasteiger charge is 2.29. The van der Waals surface area contributed by atoms with Gasteiger partial charge in [0, 0.05) is 50.5 Å². The average molecular weight is 683 g/mol. The van der Waals surface area contributed by atoms with Gasteiger partial charge in [-0.15, -0.1) is 22.7 Å². The van der Waals surface area contributed by atoms with E-state index in [1.54, 1.807) is 23.6 Å². The molecule has 45 heavy (non-hydrogen) atoms. The number of ether oxygens (including phenoxy) is 2. The zero-order valence-corrected chi connectivity index (χ0v) is 29.5.